The predicted octanol–water partition coefficient (Wildman–Crippen LogP) is 2.82. The highest BCUT2D eigenvalue weighted by molar-refractivity contribution is 6.37. The number of pyridine rings is 1. The van der Waals surface area contributed by atoms with Crippen molar-refractivity contribution in [3.8, 4) is 0 Å². The van der Waals surface area contributed by atoms with Crippen molar-refractivity contribution in [2.45, 2.75) is 6.42 Å². The van der Waals surface area contributed by atoms with Crippen molar-refractivity contribution in [3.05, 3.63) is 34.1 Å². The Labute approximate surface area is 121 Å². The molecule has 102 valence electrons. The Kier molecular flexibility index (Phi) is 4.50. The van der Waals surface area contributed by atoms with Crippen LogP contribution in [0.25, 0.3) is 0 Å². The van der Waals surface area contributed by atoms with Crippen LogP contribution in [0.3, 0.4) is 0 Å². The Morgan fingerprint density at radius 2 is 2.00 bits per heavy atom. The Bertz CT molecular complexity index is 567. The minimum atomic E-state index is 0.504. The highest BCUT2D eigenvalue weighted by Crippen LogP contribution is 2.28. The summed E-state index contributed by atoms with van der Waals surface area (Å²) in [6.45, 7) is 0.719. The summed E-state index contributed by atoms with van der Waals surface area (Å²) >= 11 is 12.1. The van der Waals surface area contributed by atoms with Crippen molar-refractivity contribution < 1.29 is 0 Å². The van der Waals surface area contributed by atoms with Crippen LogP contribution in [0.5, 0.6) is 0 Å². The van der Waals surface area contributed by atoms with Gasteiger partial charge in [0.05, 0.1) is 10.0 Å². The largest absolute Gasteiger partial charge is 0.372 e. The lowest BCUT2D eigenvalue weighted by Crippen LogP contribution is -2.10. The third-order valence-corrected chi connectivity index (χ3v) is 3.34. The van der Waals surface area contributed by atoms with Gasteiger partial charge in [-0.25, -0.2) is 4.98 Å². The quantitative estimate of drug-likeness (QED) is 0.891. The number of nitrogens with zero attached hydrogens (tertiary/aromatic N) is 3. The Balaban J connectivity index is 2.01. The lowest BCUT2D eigenvalue weighted by Gasteiger charge is -2.10. The van der Waals surface area contributed by atoms with Crippen LogP contribution in [-0.4, -0.2) is 28.4 Å². The van der Waals surface area contributed by atoms with E-state index in [1.807, 2.05) is 17.8 Å². The molecule has 0 radical (unpaired) electrons. The molecule has 0 fully saturated rings. The van der Waals surface area contributed by atoms with Crippen LogP contribution in [0.15, 0.2) is 18.3 Å². The van der Waals surface area contributed by atoms with Gasteiger partial charge in [-0.15, -0.1) is 0 Å². The molecule has 0 bridgehead atoms. The van der Waals surface area contributed by atoms with Crippen LogP contribution >= 0.6 is 23.2 Å². The van der Waals surface area contributed by atoms with E-state index in [-0.39, 0.29) is 0 Å². The molecule has 0 aliphatic carbocycles. The Hall–Kier alpha value is -1.46. The van der Waals surface area contributed by atoms with E-state index in [0.29, 0.717) is 21.7 Å². The molecule has 0 unspecified atom stereocenters. The second-order valence-electron chi connectivity index (χ2n) is 4.02. The van der Waals surface area contributed by atoms with Crippen LogP contribution in [0.1, 0.15) is 5.69 Å². The van der Waals surface area contributed by atoms with E-state index >= 15 is 0 Å². The number of anilines is 2. The van der Waals surface area contributed by atoms with Gasteiger partial charge in [0.2, 0.25) is 0 Å². The number of hydrogen-bond donors (Lipinski definition) is 2. The summed E-state index contributed by atoms with van der Waals surface area (Å²) in [5.41, 5.74) is 1.14. The molecule has 0 aliphatic rings. The maximum atomic E-state index is 6.10. The van der Waals surface area contributed by atoms with Gasteiger partial charge in [0.15, 0.2) is 0 Å². The van der Waals surface area contributed by atoms with Gasteiger partial charge in [-0.3, -0.25) is 4.68 Å². The topological polar surface area (TPSA) is 54.8 Å². The molecule has 0 saturated heterocycles. The normalized spacial score (nSPS) is 10.5. The van der Waals surface area contributed by atoms with Crippen LogP contribution in [0.4, 0.5) is 11.6 Å². The van der Waals surface area contributed by atoms with Gasteiger partial charge in [0.25, 0.3) is 0 Å². The average Bonchev–Trinajstić information content (AvgIpc) is 2.78. The van der Waals surface area contributed by atoms with Crippen LogP contribution in [0.2, 0.25) is 10.0 Å². The molecule has 0 saturated carbocycles. The summed E-state index contributed by atoms with van der Waals surface area (Å²) in [5.74, 6) is 1.23. The molecular formula is C12H15Cl2N5. The number of aryl methyl sites for hydroxylation is 1. The van der Waals surface area contributed by atoms with Gasteiger partial charge < -0.3 is 10.6 Å². The molecule has 0 aromatic carbocycles. The molecule has 7 heteroatoms. The first-order valence-electron chi connectivity index (χ1n) is 5.86. The van der Waals surface area contributed by atoms with Gasteiger partial charge in [0, 0.05) is 39.0 Å². The van der Waals surface area contributed by atoms with Crippen LogP contribution < -0.4 is 10.6 Å². The highest BCUT2D eigenvalue weighted by Gasteiger charge is 2.08. The minimum absolute atomic E-state index is 0.504. The van der Waals surface area contributed by atoms with Crippen LogP contribution in [0, 0.1) is 0 Å². The van der Waals surface area contributed by atoms with Crippen molar-refractivity contribution in [1.29, 1.82) is 0 Å². The molecule has 2 rings (SSSR count). The van der Waals surface area contributed by atoms with E-state index in [1.165, 1.54) is 0 Å². The Morgan fingerprint density at radius 1 is 1.26 bits per heavy atom. The molecule has 19 heavy (non-hydrogen) atoms. The zero-order valence-corrected chi connectivity index (χ0v) is 12.3. The monoisotopic (exact) mass is 299 g/mol. The summed E-state index contributed by atoms with van der Waals surface area (Å²) in [7, 11) is 3.68. The molecule has 2 aromatic rings. The van der Waals surface area contributed by atoms with Gasteiger partial charge in [-0.1, -0.05) is 23.2 Å². The molecule has 0 aliphatic heterocycles. The zero-order valence-electron chi connectivity index (χ0n) is 10.7. The first-order chi connectivity index (χ1) is 9.11. The molecule has 0 spiro atoms. The smallest absolute Gasteiger partial charge is 0.147 e. The summed E-state index contributed by atoms with van der Waals surface area (Å²) in [6.07, 6.45) is 2.62. The van der Waals surface area contributed by atoms with Gasteiger partial charge in [0.1, 0.15) is 11.6 Å². The van der Waals surface area contributed by atoms with E-state index < -0.39 is 0 Å². The Morgan fingerprint density at radius 3 is 2.63 bits per heavy atom. The van der Waals surface area contributed by atoms with E-state index in [1.54, 1.807) is 19.3 Å². The fraction of sp³-hybridized carbons (Fsp3) is 0.333. The SMILES string of the molecule is CNc1nc(NCCc2ccnn2C)c(Cl)cc1Cl. The molecule has 5 nitrogen and oxygen atoms in total. The van der Waals surface area contributed by atoms with E-state index in [2.05, 4.69) is 20.7 Å². The van der Waals surface area contributed by atoms with Gasteiger partial charge in [-0.2, -0.15) is 5.10 Å². The maximum Gasteiger partial charge on any atom is 0.147 e. The minimum Gasteiger partial charge on any atom is -0.372 e. The summed E-state index contributed by atoms with van der Waals surface area (Å²) in [4.78, 5) is 4.32. The maximum absolute atomic E-state index is 6.10. The van der Waals surface area contributed by atoms with Crippen molar-refractivity contribution in [2.75, 3.05) is 24.2 Å². The van der Waals surface area contributed by atoms with E-state index in [9.17, 15) is 0 Å². The first-order valence-corrected chi connectivity index (χ1v) is 6.62. The third-order valence-electron chi connectivity index (χ3n) is 2.76. The van der Waals surface area contributed by atoms with Crippen molar-refractivity contribution in [1.82, 2.24) is 14.8 Å². The lowest BCUT2D eigenvalue weighted by molar-refractivity contribution is 0.711. The lowest BCUT2D eigenvalue weighted by atomic mass is 10.3. The molecule has 2 heterocycles. The molecular weight excluding hydrogens is 285 g/mol. The van der Waals surface area contributed by atoms with E-state index in [0.717, 1.165) is 18.7 Å². The first kappa shape index (κ1) is 14.0. The second kappa shape index (κ2) is 6.12. The average molecular weight is 300 g/mol. The molecule has 0 amide bonds. The van der Waals surface area contributed by atoms with Gasteiger partial charge in [-0.05, 0) is 12.1 Å². The molecule has 0 atom stereocenters. The summed E-state index contributed by atoms with van der Waals surface area (Å²) < 4.78 is 1.84. The van der Waals surface area contributed by atoms with Crippen molar-refractivity contribution in [2.24, 2.45) is 7.05 Å². The van der Waals surface area contributed by atoms with Crippen LogP contribution in [-0.2, 0) is 13.5 Å². The fourth-order valence-corrected chi connectivity index (χ4v) is 2.24. The standard InChI is InChI=1S/C12H15Cl2N5/c1-15-11-9(13)7-10(14)12(18-11)16-5-3-8-4-6-17-19(8)2/h4,6-7H,3,5H2,1-2H3,(H2,15,16,18). The van der Waals surface area contributed by atoms with E-state index in [4.69, 9.17) is 23.2 Å². The summed E-state index contributed by atoms with van der Waals surface area (Å²) in [6, 6.07) is 3.66. The van der Waals surface area contributed by atoms with Crippen molar-refractivity contribution in [3.63, 3.8) is 0 Å². The molecule has 2 aromatic heterocycles. The number of rotatable bonds is 5. The third kappa shape index (κ3) is 3.30. The number of nitrogens with one attached hydrogen (secondary N) is 2. The number of aromatic nitrogens is 3. The zero-order chi connectivity index (χ0) is 13.8. The number of hydrogen-bond acceptors (Lipinski definition) is 4. The summed E-state index contributed by atoms with van der Waals surface area (Å²) in [5, 5.41) is 11.2. The molecule has 2 N–H and O–H groups in total. The van der Waals surface area contributed by atoms with Crippen molar-refractivity contribution >= 4 is 34.8 Å². The number of halogens is 2. The van der Waals surface area contributed by atoms with Gasteiger partial charge >= 0.3 is 0 Å². The second-order valence-corrected chi connectivity index (χ2v) is 4.84. The highest BCUT2D eigenvalue weighted by atomic mass is 35.5. The fourth-order valence-electron chi connectivity index (χ4n) is 1.72. The predicted molar refractivity (Wildman–Crippen MR) is 79.2 cm³/mol.